The lowest BCUT2D eigenvalue weighted by molar-refractivity contribution is -0.0477. The molecule has 0 radical (unpaired) electrons. The molecule has 1 unspecified atom stereocenters. The molecule has 122 valence electrons. The van der Waals surface area contributed by atoms with E-state index in [1.165, 1.54) is 6.07 Å². The zero-order chi connectivity index (χ0) is 16.3. The SMILES string of the molecule is Cc1cccc(S(=O)(=O)OCC2(c3ccccc3)NCCO2)c1. The van der Waals surface area contributed by atoms with Crippen LogP contribution in [0.4, 0.5) is 0 Å². The molecule has 0 bridgehead atoms. The van der Waals surface area contributed by atoms with Crippen molar-refractivity contribution in [1.82, 2.24) is 5.32 Å². The lowest BCUT2D eigenvalue weighted by atomic mass is 10.0. The summed E-state index contributed by atoms with van der Waals surface area (Å²) in [7, 11) is -3.84. The van der Waals surface area contributed by atoms with Crippen molar-refractivity contribution in [1.29, 1.82) is 0 Å². The number of rotatable bonds is 5. The largest absolute Gasteiger partial charge is 0.352 e. The molecule has 1 saturated heterocycles. The van der Waals surface area contributed by atoms with Crippen molar-refractivity contribution in [2.24, 2.45) is 0 Å². The Hall–Kier alpha value is -1.73. The molecule has 1 N–H and O–H groups in total. The van der Waals surface area contributed by atoms with Gasteiger partial charge >= 0.3 is 0 Å². The van der Waals surface area contributed by atoms with Crippen molar-refractivity contribution in [3.8, 4) is 0 Å². The zero-order valence-corrected chi connectivity index (χ0v) is 13.7. The highest BCUT2D eigenvalue weighted by molar-refractivity contribution is 7.86. The van der Waals surface area contributed by atoms with Crippen molar-refractivity contribution >= 4 is 10.1 Å². The van der Waals surface area contributed by atoms with Gasteiger partial charge in [0.2, 0.25) is 0 Å². The van der Waals surface area contributed by atoms with Gasteiger partial charge in [0, 0.05) is 12.1 Å². The van der Waals surface area contributed by atoms with Crippen molar-refractivity contribution in [3.63, 3.8) is 0 Å². The second-order valence-electron chi connectivity index (χ2n) is 5.50. The Morgan fingerprint density at radius 2 is 1.96 bits per heavy atom. The monoisotopic (exact) mass is 333 g/mol. The fourth-order valence-corrected chi connectivity index (χ4v) is 3.63. The first-order valence-electron chi connectivity index (χ1n) is 7.42. The van der Waals surface area contributed by atoms with Crippen LogP contribution in [0.1, 0.15) is 11.1 Å². The van der Waals surface area contributed by atoms with Crippen LogP contribution >= 0.6 is 0 Å². The minimum atomic E-state index is -3.84. The smallest absolute Gasteiger partial charge is 0.297 e. The van der Waals surface area contributed by atoms with E-state index in [0.717, 1.165) is 11.1 Å². The van der Waals surface area contributed by atoms with Crippen LogP contribution in [0, 0.1) is 6.92 Å². The predicted octanol–water partition coefficient (Wildman–Crippen LogP) is 2.17. The lowest BCUT2D eigenvalue weighted by Crippen LogP contribution is -2.43. The molecule has 3 rings (SSSR count). The van der Waals surface area contributed by atoms with E-state index in [4.69, 9.17) is 8.92 Å². The number of benzene rings is 2. The van der Waals surface area contributed by atoms with E-state index >= 15 is 0 Å². The van der Waals surface area contributed by atoms with E-state index < -0.39 is 15.8 Å². The quantitative estimate of drug-likeness (QED) is 0.850. The van der Waals surface area contributed by atoms with Crippen LogP contribution in [0.15, 0.2) is 59.5 Å². The summed E-state index contributed by atoms with van der Waals surface area (Å²) in [5, 5.41) is 3.21. The number of aryl methyl sites for hydroxylation is 1. The Morgan fingerprint density at radius 3 is 2.61 bits per heavy atom. The van der Waals surface area contributed by atoms with Crippen molar-refractivity contribution in [2.75, 3.05) is 19.8 Å². The van der Waals surface area contributed by atoms with E-state index in [9.17, 15) is 8.42 Å². The average Bonchev–Trinajstić information content (AvgIpc) is 3.04. The number of hydrogen-bond acceptors (Lipinski definition) is 5. The maximum Gasteiger partial charge on any atom is 0.297 e. The first-order valence-corrected chi connectivity index (χ1v) is 8.83. The van der Waals surface area contributed by atoms with Crippen LogP contribution in [0.2, 0.25) is 0 Å². The van der Waals surface area contributed by atoms with Crippen molar-refractivity contribution in [2.45, 2.75) is 17.5 Å². The molecule has 0 saturated carbocycles. The Morgan fingerprint density at radius 1 is 1.17 bits per heavy atom. The molecule has 1 aliphatic heterocycles. The molecule has 0 amide bonds. The Kier molecular flexibility index (Phi) is 4.50. The van der Waals surface area contributed by atoms with Gasteiger partial charge in [-0.25, -0.2) is 0 Å². The van der Waals surface area contributed by atoms with E-state index in [2.05, 4.69) is 5.32 Å². The van der Waals surface area contributed by atoms with Gasteiger partial charge in [-0.1, -0.05) is 42.5 Å². The summed E-state index contributed by atoms with van der Waals surface area (Å²) in [6.07, 6.45) is 0. The van der Waals surface area contributed by atoms with E-state index in [0.29, 0.717) is 13.2 Å². The van der Waals surface area contributed by atoms with Gasteiger partial charge in [-0.3, -0.25) is 9.50 Å². The molecule has 1 aliphatic rings. The van der Waals surface area contributed by atoms with Gasteiger partial charge in [-0.05, 0) is 24.6 Å². The summed E-state index contributed by atoms with van der Waals surface area (Å²) >= 11 is 0. The molecule has 2 aromatic rings. The van der Waals surface area contributed by atoms with Gasteiger partial charge in [0.25, 0.3) is 10.1 Å². The van der Waals surface area contributed by atoms with Crippen LogP contribution in [0.5, 0.6) is 0 Å². The minimum absolute atomic E-state index is 0.118. The summed E-state index contributed by atoms with van der Waals surface area (Å²) in [5.41, 5.74) is 0.776. The number of ether oxygens (including phenoxy) is 1. The van der Waals surface area contributed by atoms with Gasteiger partial charge in [-0.2, -0.15) is 8.42 Å². The Bertz CT molecular complexity index is 768. The molecule has 1 heterocycles. The molecule has 2 aromatic carbocycles. The van der Waals surface area contributed by atoms with Gasteiger partial charge in [0.15, 0.2) is 5.72 Å². The van der Waals surface area contributed by atoms with Crippen molar-refractivity contribution < 1.29 is 17.3 Å². The minimum Gasteiger partial charge on any atom is -0.352 e. The van der Waals surface area contributed by atoms with Crippen molar-refractivity contribution in [3.05, 3.63) is 65.7 Å². The van der Waals surface area contributed by atoms with Crippen LogP contribution in [0.25, 0.3) is 0 Å². The van der Waals surface area contributed by atoms with Crippen LogP contribution in [0.3, 0.4) is 0 Å². The fraction of sp³-hybridized carbons (Fsp3) is 0.294. The summed E-state index contributed by atoms with van der Waals surface area (Å²) in [5.74, 6) is 0. The predicted molar refractivity (Wildman–Crippen MR) is 86.4 cm³/mol. The third-order valence-electron chi connectivity index (χ3n) is 3.80. The second-order valence-corrected chi connectivity index (χ2v) is 7.12. The Labute approximate surface area is 136 Å². The van der Waals surface area contributed by atoms with E-state index in [1.54, 1.807) is 12.1 Å². The molecule has 1 atom stereocenters. The topological polar surface area (TPSA) is 64.6 Å². The molecule has 0 spiro atoms. The standard InChI is InChI=1S/C17H19NO4S/c1-14-6-5-9-16(12-14)23(19,20)22-13-17(18-10-11-21-17)15-7-3-2-4-8-15/h2-9,12,18H,10-11,13H2,1H3. The van der Waals surface area contributed by atoms with E-state index in [-0.39, 0.29) is 11.5 Å². The summed E-state index contributed by atoms with van der Waals surface area (Å²) in [6.45, 7) is 2.87. The molecular weight excluding hydrogens is 314 g/mol. The third kappa shape index (κ3) is 3.45. The molecular formula is C17H19NO4S. The maximum atomic E-state index is 12.4. The molecule has 0 aliphatic carbocycles. The molecule has 1 fully saturated rings. The summed E-state index contributed by atoms with van der Waals surface area (Å²) in [4.78, 5) is 0.152. The van der Waals surface area contributed by atoms with E-state index in [1.807, 2.05) is 43.3 Å². The first-order chi connectivity index (χ1) is 11.0. The van der Waals surface area contributed by atoms with Crippen LogP contribution < -0.4 is 5.32 Å². The highest BCUT2D eigenvalue weighted by Crippen LogP contribution is 2.28. The maximum absolute atomic E-state index is 12.4. The Balaban J connectivity index is 1.83. The fourth-order valence-electron chi connectivity index (χ4n) is 2.60. The highest BCUT2D eigenvalue weighted by atomic mass is 32.2. The lowest BCUT2D eigenvalue weighted by Gasteiger charge is -2.28. The van der Waals surface area contributed by atoms with Gasteiger partial charge in [0.05, 0.1) is 11.5 Å². The van der Waals surface area contributed by atoms with Gasteiger partial charge in [0.1, 0.15) is 6.61 Å². The normalized spacial score (nSPS) is 21.4. The number of hydrogen-bond donors (Lipinski definition) is 1. The molecule has 0 aromatic heterocycles. The first kappa shape index (κ1) is 16.1. The molecule has 5 nitrogen and oxygen atoms in total. The van der Waals surface area contributed by atoms with Gasteiger partial charge < -0.3 is 4.74 Å². The second kappa shape index (κ2) is 6.41. The average molecular weight is 333 g/mol. The third-order valence-corrected chi connectivity index (χ3v) is 5.06. The van der Waals surface area contributed by atoms with Crippen LogP contribution in [-0.2, 0) is 24.8 Å². The van der Waals surface area contributed by atoms with Gasteiger partial charge in [-0.15, -0.1) is 0 Å². The summed E-state index contributed by atoms with van der Waals surface area (Å²) in [6, 6.07) is 16.1. The number of nitrogens with one attached hydrogen (secondary N) is 1. The summed E-state index contributed by atoms with van der Waals surface area (Å²) < 4.78 is 35.9. The molecule has 6 heteroatoms. The zero-order valence-electron chi connectivity index (χ0n) is 12.9. The molecule has 23 heavy (non-hydrogen) atoms. The highest BCUT2D eigenvalue weighted by Gasteiger charge is 2.38. The van der Waals surface area contributed by atoms with Crippen LogP contribution in [-0.4, -0.2) is 28.2 Å².